The van der Waals surface area contributed by atoms with E-state index in [1.165, 1.54) is 0 Å². The number of nitrogens with zero attached hydrogens (tertiary/aromatic N) is 1. The lowest BCUT2D eigenvalue weighted by molar-refractivity contribution is -0.386. The monoisotopic (exact) mass is 193 g/mol. The average Bonchev–Trinajstić information content (AvgIpc) is 2.01. The SMILES string of the molecule is Cc1ccc([N+](=O)[O-])c(C(C)(C)C)c1. The molecule has 0 fully saturated rings. The van der Waals surface area contributed by atoms with E-state index < -0.39 is 0 Å². The lowest BCUT2D eigenvalue weighted by Crippen LogP contribution is -2.13. The Balaban J connectivity index is 3.38. The summed E-state index contributed by atoms with van der Waals surface area (Å²) in [5.41, 5.74) is 1.88. The number of rotatable bonds is 1. The topological polar surface area (TPSA) is 43.1 Å². The van der Waals surface area contributed by atoms with E-state index in [2.05, 4.69) is 0 Å². The minimum atomic E-state index is -0.319. The Morgan fingerprint density at radius 1 is 1.29 bits per heavy atom. The fourth-order valence-electron chi connectivity index (χ4n) is 1.41. The summed E-state index contributed by atoms with van der Waals surface area (Å²) >= 11 is 0. The van der Waals surface area contributed by atoms with Crippen LogP contribution in [0.2, 0.25) is 0 Å². The number of hydrogen-bond donors (Lipinski definition) is 0. The van der Waals surface area contributed by atoms with Crippen molar-refractivity contribution in [2.24, 2.45) is 0 Å². The normalized spacial score (nSPS) is 11.4. The van der Waals surface area contributed by atoms with Gasteiger partial charge in [-0.15, -0.1) is 0 Å². The summed E-state index contributed by atoms with van der Waals surface area (Å²) in [5, 5.41) is 10.8. The van der Waals surface area contributed by atoms with Crippen LogP contribution in [-0.2, 0) is 5.41 Å². The Kier molecular flexibility index (Phi) is 2.60. The molecule has 0 saturated carbocycles. The molecule has 0 spiro atoms. The maximum absolute atomic E-state index is 10.8. The maximum Gasteiger partial charge on any atom is 0.273 e. The van der Waals surface area contributed by atoms with Gasteiger partial charge in [0.25, 0.3) is 5.69 Å². The fourth-order valence-corrected chi connectivity index (χ4v) is 1.41. The van der Waals surface area contributed by atoms with Crippen LogP contribution in [0.3, 0.4) is 0 Å². The van der Waals surface area contributed by atoms with E-state index in [1.807, 2.05) is 33.8 Å². The first-order valence-electron chi connectivity index (χ1n) is 4.58. The van der Waals surface area contributed by atoms with Crippen LogP contribution in [-0.4, -0.2) is 4.92 Å². The molecule has 0 radical (unpaired) electrons. The molecule has 3 heteroatoms. The number of nitro benzene ring substituents is 1. The van der Waals surface area contributed by atoms with Crippen LogP contribution in [0.15, 0.2) is 18.2 Å². The van der Waals surface area contributed by atoms with Crippen molar-refractivity contribution >= 4 is 5.69 Å². The van der Waals surface area contributed by atoms with Crippen LogP contribution < -0.4 is 0 Å². The molecule has 0 bridgehead atoms. The molecule has 0 aromatic heterocycles. The third-order valence-corrected chi connectivity index (χ3v) is 2.16. The molecule has 0 unspecified atom stereocenters. The predicted molar refractivity (Wildman–Crippen MR) is 56.5 cm³/mol. The highest BCUT2D eigenvalue weighted by molar-refractivity contribution is 5.46. The van der Waals surface area contributed by atoms with Crippen molar-refractivity contribution in [3.8, 4) is 0 Å². The minimum Gasteiger partial charge on any atom is -0.258 e. The summed E-state index contributed by atoms with van der Waals surface area (Å²) in [6.45, 7) is 7.89. The highest BCUT2D eigenvalue weighted by atomic mass is 16.6. The Morgan fingerprint density at radius 2 is 1.86 bits per heavy atom. The molecule has 0 saturated heterocycles. The Labute approximate surface area is 83.9 Å². The molecule has 0 N–H and O–H groups in total. The van der Waals surface area contributed by atoms with Crippen molar-refractivity contribution in [1.29, 1.82) is 0 Å². The fraction of sp³-hybridized carbons (Fsp3) is 0.455. The highest BCUT2D eigenvalue weighted by Crippen LogP contribution is 2.31. The first-order valence-corrected chi connectivity index (χ1v) is 4.58. The second-order valence-electron chi connectivity index (χ2n) is 4.53. The molecule has 0 aliphatic carbocycles. The third-order valence-electron chi connectivity index (χ3n) is 2.16. The van der Waals surface area contributed by atoms with Gasteiger partial charge in [-0.3, -0.25) is 10.1 Å². The second kappa shape index (κ2) is 3.40. The zero-order valence-corrected chi connectivity index (χ0v) is 9.00. The Bertz CT molecular complexity index is 364. The molecule has 0 aliphatic rings. The zero-order valence-electron chi connectivity index (χ0n) is 9.00. The van der Waals surface area contributed by atoms with Crippen molar-refractivity contribution in [3.63, 3.8) is 0 Å². The number of aryl methyl sites for hydroxylation is 1. The molecule has 0 amide bonds. The largest absolute Gasteiger partial charge is 0.273 e. The smallest absolute Gasteiger partial charge is 0.258 e. The molecule has 1 rings (SSSR count). The summed E-state index contributed by atoms with van der Waals surface area (Å²) in [6.07, 6.45) is 0. The molecule has 3 nitrogen and oxygen atoms in total. The van der Waals surface area contributed by atoms with Gasteiger partial charge in [-0.2, -0.15) is 0 Å². The summed E-state index contributed by atoms with van der Waals surface area (Å²) in [4.78, 5) is 10.5. The molecule has 0 heterocycles. The van der Waals surface area contributed by atoms with Crippen LogP contribution >= 0.6 is 0 Å². The number of benzene rings is 1. The van der Waals surface area contributed by atoms with Gasteiger partial charge in [-0.05, 0) is 18.4 Å². The van der Waals surface area contributed by atoms with Crippen LogP contribution in [0, 0.1) is 17.0 Å². The van der Waals surface area contributed by atoms with Crippen molar-refractivity contribution in [1.82, 2.24) is 0 Å². The average molecular weight is 193 g/mol. The van der Waals surface area contributed by atoms with Gasteiger partial charge < -0.3 is 0 Å². The molecular weight excluding hydrogens is 178 g/mol. The first kappa shape index (κ1) is 10.7. The van der Waals surface area contributed by atoms with Crippen LogP contribution in [0.25, 0.3) is 0 Å². The highest BCUT2D eigenvalue weighted by Gasteiger charge is 2.24. The van der Waals surface area contributed by atoms with E-state index in [-0.39, 0.29) is 16.0 Å². The van der Waals surface area contributed by atoms with Crippen LogP contribution in [0.4, 0.5) is 5.69 Å². The molecule has 1 aromatic carbocycles. The van der Waals surface area contributed by atoms with Gasteiger partial charge in [0.05, 0.1) is 4.92 Å². The number of nitro groups is 1. The van der Waals surface area contributed by atoms with Crippen molar-refractivity contribution in [2.75, 3.05) is 0 Å². The quantitative estimate of drug-likeness (QED) is 0.507. The molecule has 0 aliphatic heterocycles. The van der Waals surface area contributed by atoms with Gasteiger partial charge in [0.2, 0.25) is 0 Å². The lowest BCUT2D eigenvalue weighted by atomic mass is 9.85. The van der Waals surface area contributed by atoms with E-state index in [0.29, 0.717) is 0 Å². The molecular formula is C11H15NO2. The molecule has 76 valence electrons. The van der Waals surface area contributed by atoms with Gasteiger partial charge in [-0.25, -0.2) is 0 Å². The summed E-state index contributed by atoms with van der Waals surface area (Å²) < 4.78 is 0. The van der Waals surface area contributed by atoms with E-state index in [1.54, 1.807) is 12.1 Å². The second-order valence-corrected chi connectivity index (χ2v) is 4.53. The van der Waals surface area contributed by atoms with Crippen molar-refractivity contribution in [2.45, 2.75) is 33.1 Å². The van der Waals surface area contributed by atoms with Gasteiger partial charge in [-0.1, -0.05) is 32.4 Å². The Morgan fingerprint density at radius 3 is 2.29 bits per heavy atom. The van der Waals surface area contributed by atoms with E-state index >= 15 is 0 Å². The number of hydrogen-bond acceptors (Lipinski definition) is 2. The van der Waals surface area contributed by atoms with Crippen molar-refractivity contribution < 1.29 is 4.92 Å². The maximum atomic E-state index is 10.8. The van der Waals surface area contributed by atoms with E-state index in [0.717, 1.165) is 11.1 Å². The van der Waals surface area contributed by atoms with Crippen LogP contribution in [0.1, 0.15) is 31.9 Å². The van der Waals surface area contributed by atoms with Gasteiger partial charge in [0, 0.05) is 11.6 Å². The Hall–Kier alpha value is -1.38. The van der Waals surface area contributed by atoms with Crippen LogP contribution in [0.5, 0.6) is 0 Å². The first-order chi connectivity index (χ1) is 6.32. The molecule has 0 atom stereocenters. The predicted octanol–water partition coefficient (Wildman–Crippen LogP) is 3.20. The van der Waals surface area contributed by atoms with Gasteiger partial charge in [0.15, 0.2) is 0 Å². The summed E-state index contributed by atoms with van der Waals surface area (Å²) in [7, 11) is 0. The van der Waals surface area contributed by atoms with E-state index in [9.17, 15) is 10.1 Å². The molecule has 14 heavy (non-hydrogen) atoms. The summed E-state index contributed by atoms with van der Waals surface area (Å²) in [6, 6.07) is 5.24. The standard InChI is InChI=1S/C11H15NO2/c1-8-5-6-10(12(13)14)9(7-8)11(2,3)4/h5-7H,1-4H3. The molecule has 1 aromatic rings. The zero-order chi connectivity index (χ0) is 10.9. The van der Waals surface area contributed by atoms with Gasteiger partial charge >= 0.3 is 0 Å². The van der Waals surface area contributed by atoms with Crippen molar-refractivity contribution in [3.05, 3.63) is 39.4 Å². The lowest BCUT2D eigenvalue weighted by Gasteiger charge is -2.19. The van der Waals surface area contributed by atoms with E-state index in [4.69, 9.17) is 0 Å². The third kappa shape index (κ3) is 2.10. The van der Waals surface area contributed by atoms with Gasteiger partial charge in [0.1, 0.15) is 0 Å². The minimum absolute atomic E-state index is 0.186. The summed E-state index contributed by atoms with van der Waals surface area (Å²) in [5.74, 6) is 0.